The summed E-state index contributed by atoms with van der Waals surface area (Å²) >= 11 is 0. The Kier molecular flexibility index (Phi) is 46.4. The molecular weight excluding hydrogens is 745 g/mol. The fraction of sp³-hybridized carbons (Fsp3) is 0.759. The Morgan fingerprint density at radius 1 is 0.333 bits per heavy atom. The molecule has 0 aliphatic rings. The third-order valence-electron chi connectivity index (χ3n) is 10.7. The van der Waals surface area contributed by atoms with Crippen LogP contribution in [0, 0.1) is 0 Å². The van der Waals surface area contributed by atoms with Crippen molar-refractivity contribution in [3.63, 3.8) is 0 Å². The van der Waals surface area contributed by atoms with E-state index in [-0.39, 0.29) is 31.1 Å². The molecule has 0 rings (SSSR count). The first-order valence-electron chi connectivity index (χ1n) is 25.3. The van der Waals surface area contributed by atoms with Crippen LogP contribution in [-0.4, -0.2) is 37.2 Å². The molecule has 0 aromatic carbocycles. The normalized spacial score (nSPS) is 12.5. The van der Waals surface area contributed by atoms with Crippen molar-refractivity contribution in [2.75, 3.05) is 13.2 Å². The number of hydrogen-bond donors (Lipinski definition) is 0. The minimum absolute atomic E-state index is 0.0904. The topological polar surface area (TPSA) is 78.9 Å². The molecule has 0 N–H and O–H groups in total. The van der Waals surface area contributed by atoms with E-state index in [2.05, 4.69) is 81.5 Å². The molecule has 60 heavy (non-hydrogen) atoms. The Labute approximate surface area is 370 Å². The number of esters is 3. The first-order chi connectivity index (χ1) is 29.5. The van der Waals surface area contributed by atoms with Crippen LogP contribution in [0.25, 0.3) is 0 Å². The van der Waals surface area contributed by atoms with E-state index in [0.29, 0.717) is 19.3 Å². The number of unbranched alkanes of at least 4 members (excludes halogenated alkanes) is 24. The Hall–Kier alpha value is -2.89. The smallest absolute Gasteiger partial charge is 0.306 e. The van der Waals surface area contributed by atoms with Crippen LogP contribution in [0.2, 0.25) is 0 Å². The molecule has 346 valence electrons. The molecule has 0 radical (unpaired) electrons. The first kappa shape index (κ1) is 57.1. The molecule has 0 amide bonds. The maximum Gasteiger partial charge on any atom is 0.306 e. The fourth-order valence-corrected chi connectivity index (χ4v) is 6.88. The largest absolute Gasteiger partial charge is 0.462 e. The summed E-state index contributed by atoms with van der Waals surface area (Å²) in [6.07, 6.45) is 59.1. The molecule has 0 aromatic rings. The van der Waals surface area contributed by atoms with Crippen LogP contribution in [0.5, 0.6) is 0 Å². The van der Waals surface area contributed by atoms with Gasteiger partial charge >= 0.3 is 17.9 Å². The Morgan fingerprint density at radius 3 is 1.05 bits per heavy atom. The van der Waals surface area contributed by atoms with E-state index in [0.717, 1.165) is 96.3 Å². The second-order valence-corrected chi connectivity index (χ2v) is 16.7. The zero-order valence-corrected chi connectivity index (χ0v) is 39.5. The molecule has 1 atom stereocenters. The average molecular weight is 839 g/mol. The first-order valence-corrected chi connectivity index (χ1v) is 25.3. The van der Waals surface area contributed by atoms with Crippen LogP contribution in [0.3, 0.4) is 0 Å². The van der Waals surface area contributed by atoms with Crippen LogP contribution in [0.1, 0.15) is 245 Å². The minimum atomic E-state index is -0.794. The van der Waals surface area contributed by atoms with Crippen molar-refractivity contribution < 1.29 is 28.6 Å². The highest BCUT2D eigenvalue weighted by atomic mass is 16.6. The number of hydrogen-bond acceptors (Lipinski definition) is 6. The summed E-state index contributed by atoms with van der Waals surface area (Å²) in [5.74, 6) is -0.941. The van der Waals surface area contributed by atoms with E-state index in [1.807, 2.05) is 0 Å². The maximum absolute atomic E-state index is 12.8. The van der Waals surface area contributed by atoms with Crippen LogP contribution < -0.4 is 0 Å². The van der Waals surface area contributed by atoms with Gasteiger partial charge in [-0.2, -0.15) is 0 Å². The van der Waals surface area contributed by atoms with E-state index in [1.54, 1.807) is 0 Å². The quantitative estimate of drug-likeness (QED) is 0.0263. The summed E-state index contributed by atoms with van der Waals surface area (Å²) in [6.45, 7) is 6.52. The Bertz CT molecular complexity index is 1100. The molecular formula is C54H94O6. The van der Waals surface area contributed by atoms with Gasteiger partial charge in [0.25, 0.3) is 0 Å². The van der Waals surface area contributed by atoms with Gasteiger partial charge in [-0.25, -0.2) is 0 Å². The van der Waals surface area contributed by atoms with Gasteiger partial charge in [0.05, 0.1) is 0 Å². The molecule has 0 fully saturated rings. The number of carbonyl (C=O) groups is 3. The molecule has 0 aliphatic heterocycles. The summed E-state index contributed by atoms with van der Waals surface area (Å²) in [5, 5.41) is 0. The highest BCUT2D eigenvalue weighted by Crippen LogP contribution is 2.14. The van der Waals surface area contributed by atoms with E-state index in [9.17, 15) is 14.4 Å². The summed E-state index contributed by atoms with van der Waals surface area (Å²) in [4.78, 5) is 37.9. The summed E-state index contributed by atoms with van der Waals surface area (Å²) in [5.41, 5.74) is 0. The van der Waals surface area contributed by atoms with Crippen molar-refractivity contribution >= 4 is 17.9 Å². The van der Waals surface area contributed by atoms with Gasteiger partial charge in [-0.15, -0.1) is 0 Å². The van der Waals surface area contributed by atoms with Gasteiger partial charge in [0.1, 0.15) is 13.2 Å². The maximum atomic E-state index is 12.8. The molecule has 0 saturated carbocycles. The third-order valence-corrected chi connectivity index (χ3v) is 10.7. The molecule has 6 nitrogen and oxygen atoms in total. The number of carbonyl (C=O) groups excluding carboxylic acids is 3. The van der Waals surface area contributed by atoms with Gasteiger partial charge in [-0.1, -0.05) is 204 Å². The predicted octanol–water partition coefficient (Wildman–Crippen LogP) is 16.5. The zero-order chi connectivity index (χ0) is 43.7. The van der Waals surface area contributed by atoms with Gasteiger partial charge in [-0.3, -0.25) is 14.4 Å². The van der Waals surface area contributed by atoms with Crippen LogP contribution in [0.4, 0.5) is 0 Å². The van der Waals surface area contributed by atoms with Crippen molar-refractivity contribution in [1.29, 1.82) is 0 Å². The minimum Gasteiger partial charge on any atom is -0.462 e. The van der Waals surface area contributed by atoms with E-state index >= 15 is 0 Å². The second-order valence-electron chi connectivity index (χ2n) is 16.7. The standard InChI is InChI=1S/C54H94O6/c1-4-7-10-13-16-19-22-25-27-30-32-35-38-41-44-47-53(56)59-50-51(49-58-52(55)46-43-40-37-34-31-28-24-21-18-15-12-9-6-3)60-54(57)48-45-42-39-36-33-29-26-23-20-17-14-11-8-5-2/h14,16-17,19,23,25-27,32,35,51H,4-13,15,18,20-22,24,28-31,33-34,36-50H2,1-3H3/b17-14-,19-16-,26-23-,27-25-,35-32-/t51-/m1/s1. The van der Waals surface area contributed by atoms with Crippen molar-refractivity contribution in [2.24, 2.45) is 0 Å². The summed E-state index contributed by atoms with van der Waals surface area (Å²) in [6, 6.07) is 0. The number of rotatable bonds is 45. The number of ether oxygens (including phenoxy) is 3. The zero-order valence-electron chi connectivity index (χ0n) is 39.5. The molecule has 6 heteroatoms. The van der Waals surface area contributed by atoms with Gasteiger partial charge in [0.15, 0.2) is 6.10 Å². The lowest BCUT2D eigenvalue weighted by Crippen LogP contribution is -2.30. The van der Waals surface area contributed by atoms with Gasteiger partial charge in [0, 0.05) is 19.3 Å². The van der Waals surface area contributed by atoms with Crippen molar-refractivity contribution in [2.45, 2.75) is 252 Å². The van der Waals surface area contributed by atoms with E-state index in [1.165, 1.54) is 109 Å². The molecule has 0 unspecified atom stereocenters. The SMILES string of the molecule is CCCC/C=C\C/C=C\CCCCCCCC(=O)O[C@@H](COC(=O)CCCC/C=C\C/C=C\C/C=C\CCCCC)COC(=O)CCCCCCCCCCCCCCC. The van der Waals surface area contributed by atoms with Crippen molar-refractivity contribution in [3.05, 3.63) is 60.8 Å². The van der Waals surface area contributed by atoms with Crippen LogP contribution in [0.15, 0.2) is 60.8 Å². The molecule has 0 aromatic heterocycles. The lowest BCUT2D eigenvalue weighted by atomic mass is 10.0. The summed E-state index contributed by atoms with van der Waals surface area (Å²) < 4.78 is 16.7. The van der Waals surface area contributed by atoms with Gasteiger partial charge in [0.2, 0.25) is 0 Å². The fourth-order valence-electron chi connectivity index (χ4n) is 6.88. The molecule has 0 bridgehead atoms. The number of allylic oxidation sites excluding steroid dienone is 10. The molecule has 0 heterocycles. The highest BCUT2D eigenvalue weighted by Gasteiger charge is 2.19. The monoisotopic (exact) mass is 839 g/mol. The molecule has 0 spiro atoms. The van der Waals surface area contributed by atoms with Crippen LogP contribution >= 0.6 is 0 Å². The average Bonchev–Trinajstić information content (AvgIpc) is 3.24. The highest BCUT2D eigenvalue weighted by molar-refractivity contribution is 5.71. The van der Waals surface area contributed by atoms with Crippen LogP contribution in [-0.2, 0) is 28.6 Å². The second kappa shape index (κ2) is 48.8. The summed E-state index contributed by atoms with van der Waals surface area (Å²) in [7, 11) is 0. The van der Waals surface area contributed by atoms with Gasteiger partial charge in [-0.05, 0) is 83.5 Å². The Balaban J connectivity index is 4.46. The Morgan fingerprint density at radius 2 is 0.617 bits per heavy atom. The van der Waals surface area contributed by atoms with Gasteiger partial charge < -0.3 is 14.2 Å². The lowest BCUT2D eigenvalue weighted by Gasteiger charge is -2.18. The molecule has 0 saturated heterocycles. The lowest BCUT2D eigenvalue weighted by molar-refractivity contribution is -0.167. The van der Waals surface area contributed by atoms with E-state index in [4.69, 9.17) is 14.2 Å². The van der Waals surface area contributed by atoms with Crippen molar-refractivity contribution in [1.82, 2.24) is 0 Å². The van der Waals surface area contributed by atoms with Crippen molar-refractivity contribution in [3.8, 4) is 0 Å². The predicted molar refractivity (Wildman–Crippen MR) is 256 cm³/mol. The third kappa shape index (κ3) is 46.2. The molecule has 0 aliphatic carbocycles. The van der Waals surface area contributed by atoms with E-state index < -0.39 is 6.10 Å².